The van der Waals surface area contributed by atoms with Crippen LogP contribution in [0.15, 0.2) is 58.5 Å². The van der Waals surface area contributed by atoms with Gasteiger partial charge in [-0.3, -0.25) is 0 Å². The van der Waals surface area contributed by atoms with E-state index < -0.39 is 0 Å². The Bertz CT molecular complexity index is 732. The van der Waals surface area contributed by atoms with Crippen LogP contribution in [-0.4, -0.2) is 11.9 Å². The van der Waals surface area contributed by atoms with E-state index >= 15 is 0 Å². The molecular formula is C21H28N6. The van der Waals surface area contributed by atoms with Crippen LogP contribution in [0, 0.1) is 5.92 Å². The Balaban J connectivity index is 1.93. The first-order valence-electron chi connectivity index (χ1n) is 9.42. The van der Waals surface area contributed by atoms with Crippen LogP contribution in [0.1, 0.15) is 49.1 Å². The van der Waals surface area contributed by atoms with Crippen molar-refractivity contribution >= 4 is 23.3 Å². The van der Waals surface area contributed by atoms with Crippen molar-refractivity contribution in [2.75, 3.05) is 0 Å². The highest BCUT2D eigenvalue weighted by molar-refractivity contribution is 5.79. The molecule has 1 saturated carbocycles. The molecule has 8 N–H and O–H groups in total. The first-order valence-corrected chi connectivity index (χ1v) is 9.42. The minimum Gasteiger partial charge on any atom is -0.370 e. The SMILES string of the molecule is NC(N)=Nc1ccc(C(c2ccc(N=C(N)N)cc2)C2CCCCC2)cc1. The number of hydrogen-bond donors (Lipinski definition) is 4. The molecule has 0 unspecified atom stereocenters. The normalized spacial score (nSPS) is 14.7. The Labute approximate surface area is 160 Å². The number of benzene rings is 2. The van der Waals surface area contributed by atoms with E-state index in [0.717, 1.165) is 11.4 Å². The standard InChI is InChI=1S/C21H28N6/c22-20(23)26-17-10-6-15(7-11-17)19(14-4-2-1-3-5-14)16-8-12-18(13-9-16)27-21(24)25/h6-14,19H,1-5H2,(H4,22,23,26)(H4,24,25,27). The van der Waals surface area contributed by atoms with Gasteiger partial charge in [0.05, 0.1) is 11.4 Å². The largest absolute Gasteiger partial charge is 0.370 e. The fourth-order valence-electron chi connectivity index (χ4n) is 4.01. The molecule has 2 aromatic carbocycles. The first-order chi connectivity index (χ1) is 13.0. The van der Waals surface area contributed by atoms with Crippen molar-refractivity contribution in [1.82, 2.24) is 0 Å². The summed E-state index contributed by atoms with van der Waals surface area (Å²) in [5.41, 5.74) is 26.0. The zero-order chi connectivity index (χ0) is 19.2. The van der Waals surface area contributed by atoms with Gasteiger partial charge in [-0.1, -0.05) is 43.5 Å². The van der Waals surface area contributed by atoms with E-state index in [-0.39, 0.29) is 11.9 Å². The van der Waals surface area contributed by atoms with Gasteiger partial charge in [0, 0.05) is 5.92 Å². The summed E-state index contributed by atoms with van der Waals surface area (Å²) >= 11 is 0. The summed E-state index contributed by atoms with van der Waals surface area (Å²) in [4.78, 5) is 8.24. The van der Waals surface area contributed by atoms with Gasteiger partial charge in [-0.2, -0.15) is 0 Å². The van der Waals surface area contributed by atoms with E-state index in [1.54, 1.807) is 0 Å². The van der Waals surface area contributed by atoms with Gasteiger partial charge in [0.25, 0.3) is 0 Å². The van der Waals surface area contributed by atoms with Gasteiger partial charge in [0.2, 0.25) is 0 Å². The van der Waals surface area contributed by atoms with Gasteiger partial charge in [-0.15, -0.1) is 0 Å². The fourth-order valence-corrected chi connectivity index (χ4v) is 4.01. The first kappa shape index (κ1) is 18.8. The maximum atomic E-state index is 5.48. The molecule has 0 bridgehead atoms. The maximum absolute atomic E-state index is 5.48. The van der Waals surface area contributed by atoms with Crippen LogP contribution in [0.5, 0.6) is 0 Å². The molecule has 2 aromatic rings. The molecule has 3 rings (SSSR count). The predicted molar refractivity (Wildman–Crippen MR) is 112 cm³/mol. The van der Waals surface area contributed by atoms with E-state index in [1.165, 1.54) is 43.2 Å². The predicted octanol–water partition coefficient (Wildman–Crippen LogP) is 3.21. The van der Waals surface area contributed by atoms with Crippen LogP contribution < -0.4 is 22.9 Å². The summed E-state index contributed by atoms with van der Waals surface area (Å²) in [5.74, 6) is 1.11. The van der Waals surface area contributed by atoms with Crippen molar-refractivity contribution < 1.29 is 0 Å². The number of guanidine groups is 2. The second kappa shape index (κ2) is 8.58. The number of nitrogens with two attached hydrogens (primary N) is 4. The van der Waals surface area contributed by atoms with Gasteiger partial charge in [-0.05, 0) is 54.2 Å². The van der Waals surface area contributed by atoms with E-state index in [1.807, 2.05) is 24.3 Å². The molecule has 0 spiro atoms. The van der Waals surface area contributed by atoms with Crippen LogP contribution in [0.4, 0.5) is 11.4 Å². The fraction of sp³-hybridized carbons (Fsp3) is 0.333. The lowest BCUT2D eigenvalue weighted by Gasteiger charge is -2.31. The van der Waals surface area contributed by atoms with Crippen molar-refractivity contribution in [3.8, 4) is 0 Å². The molecule has 0 aliphatic heterocycles. The Morgan fingerprint density at radius 3 is 1.44 bits per heavy atom. The number of hydrogen-bond acceptors (Lipinski definition) is 2. The zero-order valence-electron chi connectivity index (χ0n) is 15.5. The van der Waals surface area contributed by atoms with Crippen molar-refractivity contribution in [3.05, 3.63) is 59.7 Å². The quantitative estimate of drug-likeness (QED) is 0.479. The average molecular weight is 364 g/mol. The van der Waals surface area contributed by atoms with E-state index in [2.05, 4.69) is 34.3 Å². The van der Waals surface area contributed by atoms with Gasteiger partial charge in [-0.25, -0.2) is 9.98 Å². The lowest BCUT2D eigenvalue weighted by molar-refractivity contribution is 0.327. The Hall–Kier alpha value is -3.02. The third-order valence-electron chi connectivity index (χ3n) is 5.14. The summed E-state index contributed by atoms with van der Waals surface area (Å²) < 4.78 is 0. The third-order valence-corrected chi connectivity index (χ3v) is 5.14. The van der Waals surface area contributed by atoms with Crippen molar-refractivity contribution in [2.45, 2.75) is 38.0 Å². The highest BCUT2D eigenvalue weighted by Crippen LogP contribution is 2.41. The van der Waals surface area contributed by atoms with E-state index in [4.69, 9.17) is 22.9 Å². The minimum absolute atomic E-state index is 0.0712. The highest BCUT2D eigenvalue weighted by Gasteiger charge is 2.26. The molecular weight excluding hydrogens is 336 g/mol. The second-order valence-corrected chi connectivity index (χ2v) is 7.13. The van der Waals surface area contributed by atoms with Crippen LogP contribution in [0.2, 0.25) is 0 Å². The second-order valence-electron chi connectivity index (χ2n) is 7.13. The van der Waals surface area contributed by atoms with Crippen LogP contribution in [0.25, 0.3) is 0 Å². The molecule has 6 heteroatoms. The van der Waals surface area contributed by atoms with Gasteiger partial charge in [0.15, 0.2) is 11.9 Å². The van der Waals surface area contributed by atoms with Gasteiger partial charge >= 0.3 is 0 Å². The molecule has 1 aliphatic rings. The average Bonchev–Trinajstić information content (AvgIpc) is 2.65. The molecule has 0 heterocycles. The summed E-state index contributed by atoms with van der Waals surface area (Å²) in [5, 5.41) is 0. The molecule has 6 nitrogen and oxygen atoms in total. The maximum Gasteiger partial charge on any atom is 0.191 e. The molecule has 0 aromatic heterocycles. The summed E-state index contributed by atoms with van der Waals surface area (Å²) in [6.45, 7) is 0. The number of aliphatic imine (C=N–C) groups is 2. The Morgan fingerprint density at radius 1 is 0.667 bits per heavy atom. The van der Waals surface area contributed by atoms with E-state index in [0.29, 0.717) is 11.8 Å². The van der Waals surface area contributed by atoms with Crippen molar-refractivity contribution in [2.24, 2.45) is 38.8 Å². The van der Waals surface area contributed by atoms with Crippen molar-refractivity contribution in [1.29, 1.82) is 0 Å². The molecule has 0 saturated heterocycles. The minimum atomic E-state index is 0.0712. The molecule has 0 amide bonds. The smallest absolute Gasteiger partial charge is 0.191 e. The van der Waals surface area contributed by atoms with Crippen LogP contribution in [0.3, 0.4) is 0 Å². The molecule has 1 fully saturated rings. The Kier molecular flexibility index (Phi) is 5.96. The topological polar surface area (TPSA) is 129 Å². The Morgan fingerprint density at radius 2 is 1.07 bits per heavy atom. The lowest BCUT2D eigenvalue weighted by Crippen LogP contribution is -2.22. The molecule has 1 aliphatic carbocycles. The van der Waals surface area contributed by atoms with Crippen LogP contribution >= 0.6 is 0 Å². The van der Waals surface area contributed by atoms with Gasteiger partial charge < -0.3 is 22.9 Å². The van der Waals surface area contributed by atoms with Gasteiger partial charge in [0.1, 0.15) is 0 Å². The number of nitrogens with zero attached hydrogens (tertiary/aromatic N) is 2. The molecule has 0 radical (unpaired) electrons. The molecule has 0 atom stereocenters. The van der Waals surface area contributed by atoms with E-state index in [9.17, 15) is 0 Å². The summed E-state index contributed by atoms with van der Waals surface area (Å²) in [6.07, 6.45) is 6.40. The zero-order valence-corrected chi connectivity index (χ0v) is 15.5. The summed E-state index contributed by atoms with van der Waals surface area (Å²) in [7, 11) is 0. The monoisotopic (exact) mass is 364 g/mol. The third kappa shape index (κ3) is 5.00. The molecule has 27 heavy (non-hydrogen) atoms. The lowest BCUT2D eigenvalue weighted by atomic mass is 9.73. The number of rotatable bonds is 5. The summed E-state index contributed by atoms with van der Waals surface area (Å²) in [6, 6.07) is 16.4. The highest BCUT2D eigenvalue weighted by atomic mass is 15.0. The van der Waals surface area contributed by atoms with Crippen molar-refractivity contribution in [3.63, 3.8) is 0 Å². The van der Waals surface area contributed by atoms with Crippen LogP contribution in [-0.2, 0) is 0 Å². The molecule has 142 valence electrons.